The van der Waals surface area contributed by atoms with Crippen LogP contribution in [0.5, 0.6) is 17.2 Å². The molecule has 0 radical (unpaired) electrons. The molecular weight excluding hydrogens is 386 g/mol. The van der Waals surface area contributed by atoms with Gasteiger partial charge in [0.1, 0.15) is 11.9 Å². The molecule has 1 saturated heterocycles. The fraction of sp³-hybridized carbons (Fsp3) is 0.545. The summed E-state index contributed by atoms with van der Waals surface area (Å²) < 4.78 is 16.9. The molecule has 1 amide bonds. The second kappa shape index (κ2) is 6.91. The second-order valence-corrected chi connectivity index (χ2v) is 8.82. The molecule has 4 aliphatic rings. The molecule has 2 fully saturated rings. The highest BCUT2D eigenvalue weighted by molar-refractivity contribution is 5.94. The summed E-state index contributed by atoms with van der Waals surface area (Å²) in [5.41, 5.74) is 2.80. The Morgan fingerprint density at radius 1 is 1.17 bits per heavy atom. The first-order chi connectivity index (χ1) is 14.7. The molecule has 8 heteroatoms. The van der Waals surface area contributed by atoms with E-state index in [9.17, 15) is 9.90 Å². The van der Waals surface area contributed by atoms with Gasteiger partial charge in [-0.2, -0.15) is 5.10 Å². The molecule has 0 bridgehead atoms. The fourth-order valence-electron chi connectivity index (χ4n) is 5.45. The van der Waals surface area contributed by atoms with Crippen LogP contribution in [0.1, 0.15) is 41.0 Å². The van der Waals surface area contributed by atoms with Gasteiger partial charge in [0.2, 0.25) is 6.79 Å². The molecular formula is C22H25N3O5. The van der Waals surface area contributed by atoms with Crippen molar-refractivity contribution in [2.45, 2.75) is 44.3 Å². The number of nitrogens with zero attached hydrogens (tertiary/aromatic N) is 2. The van der Waals surface area contributed by atoms with Crippen molar-refractivity contribution in [2.24, 2.45) is 11.8 Å². The SMILES string of the molecule is O=C(c1n[nH]c2c1CCC2)N1C[C@H]2C[C@@H](Oc3ccc4c(c3)OCO4)[C@H](O)C[C@H]2C1. The van der Waals surface area contributed by atoms with Crippen molar-refractivity contribution in [3.63, 3.8) is 0 Å². The number of rotatable bonds is 3. The van der Waals surface area contributed by atoms with E-state index in [1.165, 1.54) is 0 Å². The molecule has 1 aromatic heterocycles. The van der Waals surface area contributed by atoms with Gasteiger partial charge >= 0.3 is 0 Å². The van der Waals surface area contributed by atoms with Gasteiger partial charge in [0, 0.05) is 30.4 Å². The minimum atomic E-state index is -0.554. The van der Waals surface area contributed by atoms with Gasteiger partial charge in [-0.3, -0.25) is 9.89 Å². The first-order valence-corrected chi connectivity index (χ1v) is 10.8. The maximum Gasteiger partial charge on any atom is 0.274 e. The normalized spacial score (nSPS) is 29.0. The van der Waals surface area contributed by atoms with Gasteiger partial charge in [0.25, 0.3) is 5.91 Å². The van der Waals surface area contributed by atoms with Crippen molar-refractivity contribution in [2.75, 3.05) is 19.9 Å². The third kappa shape index (κ3) is 2.93. The Hall–Kier alpha value is -2.74. The van der Waals surface area contributed by atoms with Crippen LogP contribution in [0.25, 0.3) is 0 Å². The van der Waals surface area contributed by atoms with E-state index in [2.05, 4.69) is 10.2 Å². The minimum Gasteiger partial charge on any atom is -0.488 e. The van der Waals surface area contributed by atoms with Crippen molar-refractivity contribution in [3.05, 3.63) is 35.2 Å². The summed E-state index contributed by atoms with van der Waals surface area (Å²) in [4.78, 5) is 15.0. The van der Waals surface area contributed by atoms with E-state index in [4.69, 9.17) is 14.2 Å². The van der Waals surface area contributed by atoms with Gasteiger partial charge in [0.05, 0.1) is 6.10 Å². The predicted molar refractivity (Wildman–Crippen MR) is 106 cm³/mol. The van der Waals surface area contributed by atoms with Crippen molar-refractivity contribution in [1.82, 2.24) is 15.1 Å². The van der Waals surface area contributed by atoms with Crippen LogP contribution in [0.3, 0.4) is 0 Å². The molecule has 2 aliphatic heterocycles. The number of aliphatic hydroxyl groups is 1. The number of nitrogens with one attached hydrogen (secondary N) is 1. The van der Waals surface area contributed by atoms with E-state index in [-0.39, 0.29) is 18.8 Å². The predicted octanol–water partition coefficient (Wildman–Crippen LogP) is 1.92. The third-order valence-corrected chi connectivity index (χ3v) is 7.01. The Kier molecular flexibility index (Phi) is 4.16. The van der Waals surface area contributed by atoms with E-state index in [1.54, 1.807) is 0 Å². The van der Waals surface area contributed by atoms with Crippen LogP contribution in [-0.4, -0.2) is 58.2 Å². The van der Waals surface area contributed by atoms with Crippen molar-refractivity contribution < 1.29 is 24.1 Å². The molecule has 2 N–H and O–H groups in total. The number of aromatic nitrogens is 2. The van der Waals surface area contributed by atoms with Crippen LogP contribution in [0.4, 0.5) is 0 Å². The first-order valence-electron chi connectivity index (χ1n) is 10.8. The van der Waals surface area contributed by atoms with Crippen molar-refractivity contribution >= 4 is 5.91 Å². The maximum atomic E-state index is 13.1. The topological polar surface area (TPSA) is 96.9 Å². The third-order valence-electron chi connectivity index (χ3n) is 7.01. The molecule has 0 spiro atoms. The maximum absolute atomic E-state index is 13.1. The number of hydrogen-bond donors (Lipinski definition) is 2. The Morgan fingerprint density at radius 3 is 2.90 bits per heavy atom. The second-order valence-electron chi connectivity index (χ2n) is 8.82. The molecule has 2 aromatic rings. The van der Waals surface area contributed by atoms with E-state index < -0.39 is 6.10 Å². The molecule has 1 saturated carbocycles. The molecule has 1 aromatic carbocycles. The van der Waals surface area contributed by atoms with Crippen LogP contribution >= 0.6 is 0 Å². The highest BCUT2D eigenvalue weighted by Crippen LogP contribution is 2.40. The van der Waals surface area contributed by atoms with Crippen LogP contribution in [-0.2, 0) is 12.8 Å². The molecule has 0 unspecified atom stereocenters. The summed E-state index contributed by atoms with van der Waals surface area (Å²) in [6.45, 7) is 1.59. The number of aromatic amines is 1. The number of ether oxygens (including phenoxy) is 3. The standard InChI is InChI=1S/C22H25N3O5/c26-17-6-12-9-25(22(27)21-15-2-1-3-16(15)23-24-21)10-13(12)7-19(17)30-14-4-5-18-20(8-14)29-11-28-18/h4-5,8,12-13,17,19,26H,1-3,6-7,9-11H2,(H,23,24)/t12-,13+,17+,19+/m0/s1. The van der Waals surface area contributed by atoms with Gasteiger partial charge in [-0.15, -0.1) is 0 Å². The number of fused-ring (bicyclic) bond motifs is 3. The lowest BCUT2D eigenvalue weighted by atomic mass is 9.78. The number of benzene rings is 1. The number of carbonyl (C=O) groups is 1. The highest BCUT2D eigenvalue weighted by atomic mass is 16.7. The Balaban J connectivity index is 1.14. The number of amides is 1. The molecule has 8 nitrogen and oxygen atoms in total. The Morgan fingerprint density at radius 2 is 2.00 bits per heavy atom. The molecule has 30 heavy (non-hydrogen) atoms. The minimum absolute atomic E-state index is 0.0199. The van der Waals surface area contributed by atoms with Crippen molar-refractivity contribution in [1.29, 1.82) is 0 Å². The lowest BCUT2D eigenvalue weighted by molar-refractivity contribution is -0.0232. The van der Waals surface area contributed by atoms with Crippen LogP contribution in [0.2, 0.25) is 0 Å². The largest absolute Gasteiger partial charge is 0.488 e. The number of likely N-dealkylation sites (tertiary alicyclic amines) is 1. The quantitative estimate of drug-likeness (QED) is 0.801. The van der Waals surface area contributed by atoms with E-state index in [1.807, 2.05) is 23.1 Å². The zero-order valence-electron chi connectivity index (χ0n) is 16.7. The fourth-order valence-corrected chi connectivity index (χ4v) is 5.45. The molecule has 3 heterocycles. The Labute approximate surface area is 174 Å². The Bertz CT molecular complexity index is 989. The summed E-state index contributed by atoms with van der Waals surface area (Å²) in [5.74, 6) is 2.68. The number of H-pyrrole nitrogens is 1. The lowest BCUT2D eigenvalue weighted by Gasteiger charge is -2.35. The van der Waals surface area contributed by atoms with Gasteiger partial charge in [0.15, 0.2) is 17.2 Å². The number of carbonyl (C=O) groups excluding carboxylic acids is 1. The zero-order valence-corrected chi connectivity index (χ0v) is 16.7. The summed E-state index contributed by atoms with van der Waals surface area (Å²) in [6, 6.07) is 5.48. The average molecular weight is 411 g/mol. The molecule has 6 rings (SSSR count). The number of hydrogen-bond acceptors (Lipinski definition) is 6. The lowest BCUT2D eigenvalue weighted by Crippen LogP contribution is -2.42. The number of aryl methyl sites for hydroxylation is 1. The van der Waals surface area contributed by atoms with Gasteiger partial charge < -0.3 is 24.2 Å². The van der Waals surface area contributed by atoms with Crippen LogP contribution in [0, 0.1) is 11.8 Å². The summed E-state index contributed by atoms with van der Waals surface area (Å²) in [5, 5.41) is 18.0. The van der Waals surface area contributed by atoms with Crippen LogP contribution < -0.4 is 14.2 Å². The van der Waals surface area contributed by atoms with Gasteiger partial charge in [-0.25, -0.2) is 0 Å². The van der Waals surface area contributed by atoms with Gasteiger partial charge in [-0.05, 0) is 56.1 Å². The monoisotopic (exact) mass is 411 g/mol. The number of aliphatic hydroxyl groups excluding tert-OH is 1. The average Bonchev–Trinajstić information content (AvgIpc) is 3.50. The smallest absolute Gasteiger partial charge is 0.274 e. The van der Waals surface area contributed by atoms with Gasteiger partial charge in [-0.1, -0.05) is 0 Å². The summed E-state index contributed by atoms with van der Waals surface area (Å²) in [6.07, 6.45) is 3.51. The van der Waals surface area contributed by atoms with E-state index >= 15 is 0 Å². The van der Waals surface area contributed by atoms with E-state index in [0.29, 0.717) is 54.3 Å². The summed E-state index contributed by atoms with van der Waals surface area (Å²) in [7, 11) is 0. The summed E-state index contributed by atoms with van der Waals surface area (Å²) >= 11 is 0. The molecule has 158 valence electrons. The van der Waals surface area contributed by atoms with Crippen LogP contribution in [0.15, 0.2) is 18.2 Å². The first kappa shape index (κ1) is 18.1. The molecule has 4 atom stereocenters. The highest BCUT2D eigenvalue weighted by Gasteiger charge is 2.44. The zero-order chi connectivity index (χ0) is 20.2. The van der Waals surface area contributed by atoms with Crippen molar-refractivity contribution in [3.8, 4) is 17.2 Å². The molecule has 2 aliphatic carbocycles. The van der Waals surface area contributed by atoms with E-state index in [0.717, 1.165) is 36.9 Å².